The van der Waals surface area contributed by atoms with Crippen LogP contribution in [0.1, 0.15) is 17.0 Å². The Balaban J connectivity index is 2.25. The van der Waals surface area contributed by atoms with E-state index in [1.807, 2.05) is 42.5 Å². The summed E-state index contributed by atoms with van der Waals surface area (Å²) in [4.78, 5) is 11.4. The van der Waals surface area contributed by atoms with Gasteiger partial charge in [0.05, 0.1) is 11.3 Å². The molecule has 0 fully saturated rings. The molecule has 19 heavy (non-hydrogen) atoms. The summed E-state index contributed by atoms with van der Waals surface area (Å²) in [5.74, 6) is -0.929. The molecule has 2 atom stereocenters. The molecule has 3 heteroatoms. The third-order valence-corrected chi connectivity index (χ3v) is 3.63. The van der Waals surface area contributed by atoms with Gasteiger partial charge in [-0.2, -0.15) is 0 Å². The van der Waals surface area contributed by atoms with Gasteiger partial charge in [-0.05, 0) is 5.56 Å². The summed E-state index contributed by atoms with van der Waals surface area (Å²) in [6.45, 7) is 0. The second-order valence-electron chi connectivity index (χ2n) is 4.72. The van der Waals surface area contributed by atoms with Crippen molar-refractivity contribution in [1.29, 1.82) is 5.41 Å². The van der Waals surface area contributed by atoms with Gasteiger partial charge in [-0.3, -0.25) is 5.41 Å². The highest BCUT2D eigenvalue weighted by Crippen LogP contribution is 2.37. The van der Waals surface area contributed by atoms with Crippen LogP contribution >= 0.6 is 0 Å². The van der Waals surface area contributed by atoms with E-state index in [1.165, 1.54) is 0 Å². The molecule has 94 valence electrons. The largest absolute Gasteiger partial charge is 0.478 e. The summed E-state index contributed by atoms with van der Waals surface area (Å²) in [5.41, 5.74) is 1.91. The number of carboxylic acid groups (broad SMARTS) is 1. The van der Waals surface area contributed by atoms with Gasteiger partial charge in [0, 0.05) is 17.4 Å². The van der Waals surface area contributed by atoms with Crippen molar-refractivity contribution in [2.24, 2.45) is 5.92 Å². The molecule has 2 aliphatic carbocycles. The normalized spacial score (nSPS) is 24.2. The van der Waals surface area contributed by atoms with E-state index in [2.05, 4.69) is 6.08 Å². The maximum absolute atomic E-state index is 11.4. The Bertz CT molecular complexity index is 652. The molecule has 0 saturated heterocycles. The SMILES string of the molecule is N=C1C(C(=O)O)=CC2C=CC=CC2c2ccccc21. The Labute approximate surface area is 111 Å². The fourth-order valence-corrected chi connectivity index (χ4v) is 2.71. The third kappa shape index (κ3) is 1.83. The average molecular weight is 251 g/mol. The van der Waals surface area contributed by atoms with Gasteiger partial charge in [0.1, 0.15) is 0 Å². The number of rotatable bonds is 1. The number of benzene rings is 1. The maximum Gasteiger partial charge on any atom is 0.337 e. The molecule has 0 aromatic heterocycles. The molecule has 0 amide bonds. The Morgan fingerprint density at radius 1 is 1.16 bits per heavy atom. The number of allylic oxidation sites excluding steroid dienone is 5. The highest BCUT2D eigenvalue weighted by Gasteiger charge is 2.29. The number of hydrogen-bond acceptors (Lipinski definition) is 2. The predicted octanol–water partition coefficient (Wildman–Crippen LogP) is 2.90. The minimum atomic E-state index is -1.04. The summed E-state index contributed by atoms with van der Waals surface area (Å²) in [6, 6.07) is 7.57. The Morgan fingerprint density at radius 2 is 1.89 bits per heavy atom. The average Bonchev–Trinajstić information content (AvgIpc) is 2.56. The van der Waals surface area contributed by atoms with E-state index < -0.39 is 5.97 Å². The number of carbonyl (C=O) groups is 1. The lowest BCUT2D eigenvalue weighted by atomic mass is 9.82. The first-order valence-corrected chi connectivity index (χ1v) is 6.17. The zero-order valence-electron chi connectivity index (χ0n) is 10.2. The van der Waals surface area contributed by atoms with E-state index in [9.17, 15) is 9.90 Å². The van der Waals surface area contributed by atoms with Crippen LogP contribution in [0.2, 0.25) is 0 Å². The van der Waals surface area contributed by atoms with Crippen molar-refractivity contribution in [2.75, 3.05) is 0 Å². The highest BCUT2D eigenvalue weighted by atomic mass is 16.4. The quantitative estimate of drug-likeness (QED) is 0.806. The smallest absolute Gasteiger partial charge is 0.337 e. The molecule has 2 aliphatic rings. The summed E-state index contributed by atoms with van der Waals surface area (Å²) < 4.78 is 0. The van der Waals surface area contributed by atoms with E-state index >= 15 is 0 Å². The first-order valence-electron chi connectivity index (χ1n) is 6.17. The summed E-state index contributed by atoms with van der Waals surface area (Å²) in [6.07, 6.45) is 9.65. The van der Waals surface area contributed by atoms with E-state index in [-0.39, 0.29) is 23.1 Å². The van der Waals surface area contributed by atoms with Gasteiger partial charge in [-0.15, -0.1) is 0 Å². The van der Waals surface area contributed by atoms with Crippen LogP contribution in [0.3, 0.4) is 0 Å². The van der Waals surface area contributed by atoms with Crippen LogP contribution in [0.15, 0.2) is 60.2 Å². The topological polar surface area (TPSA) is 61.2 Å². The Morgan fingerprint density at radius 3 is 2.68 bits per heavy atom. The molecule has 0 radical (unpaired) electrons. The van der Waals surface area contributed by atoms with Gasteiger partial charge >= 0.3 is 5.97 Å². The summed E-state index contributed by atoms with van der Waals surface area (Å²) in [7, 11) is 0. The van der Waals surface area contributed by atoms with Crippen LogP contribution in [-0.4, -0.2) is 16.8 Å². The number of hydrogen-bond donors (Lipinski definition) is 2. The van der Waals surface area contributed by atoms with Crippen LogP contribution in [-0.2, 0) is 4.79 Å². The van der Waals surface area contributed by atoms with Crippen molar-refractivity contribution in [2.45, 2.75) is 5.92 Å². The molecule has 2 N–H and O–H groups in total. The van der Waals surface area contributed by atoms with Crippen molar-refractivity contribution >= 4 is 11.7 Å². The predicted molar refractivity (Wildman–Crippen MR) is 73.5 cm³/mol. The van der Waals surface area contributed by atoms with Gasteiger partial charge < -0.3 is 5.11 Å². The summed E-state index contributed by atoms with van der Waals surface area (Å²) in [5, 5.41) is 17.4. The summed E-state index contributed by atoms with van der Waals surface area (Å²) >= 11 is 0. The lowest BCUT2D eigenvalue weighted by molar-refractivity contribution is -0.132. The van der Waals surface area contributed by atoms with Crippen LogP contribution in [0.4, 0.5) is 0 Å². The van der Waals surface area contributed by atoms with E-state index in [0.29, 0.717) is 5.56 Å². The van der Waals surface area contributed by atoms with Crippen LogP contribution in [0.5, 0.6) is 0 Å². The lowest BCUT2D eigenvalue weighted by Crippen LogP contribution is -2.12. The molecule has 0 heterocycles. The monoisotopic (exact) mass is 251 g/mol. The molecule has 1 aromatic carbocycles. The molecule has 3 nitrogen and oxygen atoms in total. The van der Waals surface area contributed by atoms with Crippen LogP contribution < -0.4 is 0 Å². The van der Waals surface area contributed by atoms with Crippen molar-refractivity contribution < 1.29 is 9.90 Å². The van der Waals surface area contributed by atoms with E-state index in [0.717, 1.165) is 5.56 Å². The van der Waals surface area contributed by atoms with E-state index in [1.54, 1.807) is 6.08 Å². The van der Waals surface area contributed by atoms with Gasteiger partial charge in [0.2, 0.25) is 0 Å². The van der Waals surface area contributed by atoms with Crippen LogP contribution in [0.25, 0.3) is 0 Å². The minimum absolute atomic E-state index is 0.0000926. The van der Waals surface area contributed by atoms with Crippen molar-refractivity contribution in [1.82, 2.24) is 0 Å². The lowest BCUT2D eigenvalue weighted by Gasteiger charge is -2.21. The van der Waals surface area contributed by atoms with Gasteiger partial charge in [-0.1, -0.05) is 54.6 Å². The Hall–Kier alpha value is -2.42. The molecule has 0 saturated carbocycles. The van der Waals surface area contributed by atoms with Gasteiger partial charge in [-0.25, -0.2) is 4.79 Å². The molecule has 1 aromatic rings. The standard InChI is InChI=1S/C16H13NO2/c17-15-13-8-4-3-7-12(13)11-6-2-1-5-10(11)9-14(15)16(18)19/h1-11,17H,(H,18,19). The first kappa shape index (κ1) is 11.7. The molecule has 0 aliphatic heterocycles. The van der Waals surface area contributed by atoms with Crippen molar-refractivity contribution in [3.63, 3.8) is 0 Å². The second-order valence-corrected chi connectivity index (χ2v) is 4.72. The second kappa shape index (κ2) is 4.35. The Kier molecular flexibility index (Phi) is 2.67. The first-order chi connectivity index (χ1) is 9.18. The van der Waals surface area contributed by atoms with Gasteiger partial charge in [0.15, 0.2) is 0 Å². The molecular weight excluding hydrogens is 238 g/mol. The molecular formula is C16H13NO2. The number of nitrogens with one attached hydrogen (secondary N) is 1. The minimum Gasteiger partial charge on any atom is -0.478 e. The third-order valence-electron chi connectivity index (χ3n) is 3.63. The molecule has 0 bridgehead atoms. The van der Waals surface area contributed by atoms with Crippen molar-refractivity contribution in [3.8, 4) is 0 Å². The van der Waals surface area contributed by atoms with Gasteiger partial charge in [0.25, 0.3) is 0 Å². The van der Waals surface area contributed by atoms with E-state index in [4.69, 9.17) is 5.41 Å². The zero-order valence-corrected chi connectivity index (χ0v) is 10.2. The number of fused-ring (bicyclic) bond motifs is 3. The van der Waals surface area contributed by atoms with Crippen molar-refractivity contribution in [3.05, 3.63) is 71.3 Å². The number of carboxylic acids is 1. The maximum atomic E-state index is 11.4. The fourth-order valence-electron chi connectivity index (χ4n) is 2.71. The highest BCUT2D eigenvalue weighted by molar-refractivity contribution is 6.25. The zero-order chi connectivity index (χ0) is 13.4. The number of aliphatic carboxylic acids is 1. The molecule has 0 spiro atoms. The molecule has 3 rings (SSSR count). The fraction of sp³-hybridized carbons (Fsp3) is 0.125. The molecule has 2 unspecified atom stereocenters. The van der Waals surface area contributed by atoms with Crippen LogP contribution in [0, 0.1) is 11.3 Å².